The summed E-state index contributed by atoms with van der Waals surface area (Å²) < 4.78 is 0. The molecule has 0 unspecified atom stereocenters. The van der Waals surface area contributed by atoms with Gasteiger partial charge in [-0.15, -0.1) is 11.8 Å². The van der Waals surface area contributed by atoms with E-state index >= 15 is 0 Å². The number of carbonyl (C=O) groups is 1. The van der Waals surface area contributed by atoms with E-state index in [1.807, 2.05) is 12.1 Å². The van der Waals surface area contributed by atoms with Crippen molar-refractivity contribution in [1.82, 2.24) is 5.43 Å². The Morgan fingerprint density at radius 2 is 1.89 bits per heavy atom. The molecule has 0 heterocycles. The molecule has 0 atom stereocenters. The molecule has 3 nitrogen and oxygen atoms in total. The first-order valence-electron chi connectivity index (χ1n) is 6.78. The number of hydrogen-bond acceptors (Lipinski definition) is 3. The van der Waals surface area contributed by atoms with Crippen molar-refractivity contribution in [2.75, 3.05) is 5.75 Å². The van der Waals surface area contributed by atoms with Gasteiger partial charge in [-0.3, -0.25) is 4.79 Å². The number of amides is 1. The minimum Gasteiger partial charge on any atom is -0.272 e. The van der Waals surface area contributed by atoms with Crippen LogP contribution in [-0.4, -0.2) is 17.4 Å². The average Bonchev–Trinajstić information content (AvgIpc) is 2.45. The molecule has 0 aromatic heterocycles. The molecule has 4 heteroatoms. The molecule has 0 bridgehead atoms. The third-order valence-corrected chi connectivity index (χ3v) is 4.17. The highest BCUT2D eigenvalue weighted by molar-refractivity contribution is 8.00. The van der Waals surface area contributed by atoms with Gasteiger partial charge in [-0.2, -0.15) is 5.10 Å². The number of aryl methyl sites for hydroxylation is 1. The Balaban J connectivity index is 1.73. The molecule has 1 N–H and O–H groups in total. The Bertz CT molecular complexity index is 446. The van der Waals surface area contributed by atoms with Crippen molar-refractivity contribution >= 4 is 23.4 Å². The monoisotopic (exact) mass is 276 g/mol. The van der Waals surface area contributed by atoms with Crippen LogP contribution in [0.3, 0.4) is 0 Å². The van der Waals surface area contributed by atoms with Gasteiger partial charge in [0.1, 0.15) is 0 Å². The van der Waals surface area contributed by atoms with E-state index in [4.69, 9.17) is 0 Å². The molecule has 1 aromatic rings. The third-order valence-electron chi connectivity index (χ3n) is 3.16. The second kappa shape index (κ2) is 7.34. The highest BCUT2D eigenvalue weighted by Gasteiger charge is 2.07. The van der Waals surface area contributed by atoms with Crippen LogP contribution >= 0.6 is 11.8 Å². The summed E-state index contributed by atoms with van der Waals surface area (Å²) in [6, 6.07) is 8.20. The molecular formula is C15H20N2OS. The highest BCUT2D eigenvalue weighted by Crippen LogP contribution is 2.18. The van der Waals surface area contributed by atoms with Gasteiger partial charge in [0.2, 0.25) is 5.91 Å². The van der Waals surface area contributed by atoms with E-state index in [-0.39, 0.29) is 5.91 Å². The molecule has 1 aliphatic carbocycles. The van der Waals surface area contributed by atoms with Crippen molar-refractivity contribution in [2.45, 2.75) is 43.9 Å². The first-order chi connectivity index (χ1) is 9.24. The molecule has 0 radical (unpaired) electrons. The number of benzene rings is 1. The molecule has 0 spiro atoms. The summed E-state index contributed by atoms with van der Waals surface area (Å²) in [6.07, 6.45) is 5.76. The Morgan fingerprint density at radius 1 is 1.21 bits per heavy atom. The van der Waals surface area contributed by atoms with Crippen molar-refractivity contribution in [3.63, 3.8) is 0 Å². The molecule has 1 saturated carbocycles. The first kappa shape index (κ1) is 14.1. The fourth-order valence-corrected chi connectivity index (χ4v) is 2.72. The SMILES string of the molecule is Cc1ccc(SCC(=O)NN=C2CCCCC2)cc1. The van der Waals surface area contributed by atoms with Crippen LogP contribution < -0.4 is 5.43 Å². The fraction of sp³-hybridized carbons (Fsp3) is 0.467. The number of nitrogens with zero attached hydrogens (tertiary/aromatic N) is 1. The summed E-state index contributed by atoms with van der Waals surface area (Å²) in [5.41, 5.74) is 5.03. The van der Waals surface area contributed by atoms with Crippen molar-refractivity contribution in [3.8, 4) is 0 Å². The molecule has 19 heavy (non-hydrogen) atoms. The lowest BCUT2D eigenvalue weighted by Gasteiger charge is -2.11. The normalized spacial score (nSPS) is 15.1. The third kappa shape index (κ3) is 5.07. The maximum Gasteiger partial charge on any atom is 0.250 e. The standard InChI is InChI=1S/C15H20N2OS/c1-12-7-9-14(10-8-12)19-11-15(18)17-16-13-5-3-2-4-6-13/h7-10H,2-6,11H2,1H3,(H,17,18). The summed E-state index contributed by atoms with van der Waals surface area (Å²) in [6.45, 7) is 2.06. The van der Waals surface area contributed by atoms with Gasteiger partial charge in [-0.1, -0.05) is 24.1 Å². The summed E-state index contributed by atoms with van der Waals surface area (Å²) in [7, 11) is 0. The number of hydrazone groups is 1. The highest BCUT2D eigenvalue weighted by atomic mass is 32.2. The summed E-state index contributed by atoms with van der Waals surface area (Å²) >= 11 is 1.54. The maximum absolute atomic E-state index is 11.7. The lowest BCUT2D eigenvalue weighted by Crippen LogP contribution is -2.22. The van der Waals surface area contributed by atoms with Gasteiger partial charge in [-0.25, -0.2) is 5.43 Å². The smallest absolute Gasteiger partial charge is 0.250 e. The van der Waals surface area contributed by atoms with Crippen molar-refractivity contribution in [3.05, 3.63) is 29.8 Å². The van der Waals surface area contributed by atoms with Crippen LogP contribution in [-0.2, 0) is 4.79 Å². The van der Waals surface area contributed by atoms with E-state index < -0.39 is 0 Å². The minimum absolute atomic E-state index is 0.0244. The van der Waals surface area contributed by atoms with Crippen LogP contribution in [0.4, 0.5) is 0 Å². The van der Waals surface area contributed by atoms with Crippen molar-refractivity contribution < 1.29 is 4.79 Å². The van der Waals surface area contributed by atoms with Crippen molar-refractivity contribution in [1.29, 1.82) is 0 Å². The fourth-order valence-electron chi connectivity index (χ4n) is 2.03. The molecule has 102 valence electrons. The zero-order valence-electron chi connectivity index (χ0n) is 11.3. The van der Waals surface area contributed by atoms with Crippen molar-refractivity contribution in [2.24, 2.45) is 5.10 Å². The Labute approximate surface area is 118 Å². The van der Waals surface area contributed by atoms with Gasteiger partial charge >= 0.3 is 0 Å². The number of nitrogens with one attached hydrogen (secondary N) is 1. The van der Waals surface area contributed by atoms with E-state index in [0.717, 1.165) is 23.4 Å². The van der Waals surface area contributed by atoms with E-state index in [9.17, 15) is 4.79 Å². The minimum atomic E-state index is -0.0244. The van der Waals surface area contributed by atoms with Crippen LogP contribution in [0.5, 0.6) is 0 Å². The van der Waals surface area contributed by atoms with Crippen LogP contribution in [0.25, 0.3) is 0 Å². The quantitative estimate of drug-likeness (QED) is 0.675. The molecular weight excluding hydrogens is 256 g/mol. The first-order valence-corrected chi connectivity index (χ1v) is 7.76. The lowest BCUT2D eigenvalue weighted by molar-refractivity contribution is -0.118. The number of hydrogen-bond donors (Lipinski definition) is 1. The summed E-state index contributed by atoms with van der Waals surface area (Å²) in [5.74, 6) is 0.392. The topological polar surface area (TPSA) is 41.5 Å². The van der Waals surface area contributed by atoms with Crippen LogP contribution in [0, 0.1) is 6.92 Å². The van der Waals surface area contributed by atoms with Gasteiger partial charge in [0.15, 0.2) is 0 Å². The van der Waals surface area contributed by atoms with Gasteiger partial charge in [0, 0.05) is 10.6 Å². The Morgan fingerprint density at radius 3 is 2.58 bits per heavy atom. The van der Waals surface area contributed by atoms with Crippen LogP contribution in [0.2, 0.25) is 0 Å². The van der Waals surface area contributed by atoms with Gasteiger partial charge < -0.3 is 0 Å². The molecule has 0 aliphatic heterocycles. The average molecular weight is 276 g/mol. The molecule has 1 amide bonds. The second-order valence-electron chi connectivity index (χ2n) is 4.88. The zero-order valence-corrected chi connectivity index (χ0v) is 12.1. The molecule has 0 saturated heterocycles. The Kier molecular flexibility index (Phi) is 5.45. The van der Waals surface area contributed by atoms with Crippen LogP contribution in [0.1, 0.15) is 37.7 Å². The van der Waals surface area contributed by atoms with E-state index in [2.05, 4.69) is 29.6 Å². The van der Waals surface area contributed by atoms with E-state index in [1.165, 1.54) is 24.8 Å². The number of thioether (sulfide) groups is 1. The summed E-state index contributed by atoms with van der Waals surface area (Å²) in [5, 5.41) is 4.21. The Hall–Kier alpha value is -1.29. The predicted molar refractivity (Wildman–Crippen MR) is 80.6 cm³/mol. The number of rotatable bonds is 4. The van der Waals surface area contributed by atoms with Gasteiger partial charge in [0.25, 0.3) is 0 Å². The van der Waals surface area contributed by atoms with Crippen LogP contribution in [0.15, 0.2) is 34.3 Å². The second-order valence-corrected chi connectivity index (χ2v) is 5.92. The van der Waals surface area contributed by atoms with E-state index in [1.54, 1.807) is 11.8 Å². The predicted octanol–water partition coefficient (Wildman–Crippen LogP) is 3.52. The molecule has 1 aliphatic rings. The lowest BCUT2D eigenvalue weighted by atomic mass is 9.99. The van der Waals surface area contributed by atoms with Gasteiger partial charge in [-0.05, 0) is 44.7 Å². The number of carbonyl (C=O) groups excluding carboxylic acids is 1. The largest absolute Gasteiger partial charge is 0.272 e. The molecule has 1 fully saturated rings. The summed E-state index contributed by atoms with van der Waals surface area (Å²) in [4.78, 5) is 12.8. The zero-order chi connectivity index (χ0) is 13.5. The molecule has 1 aromatic carbocycles. The maximum atomic E-state index is 11.7. The van der Waals surface area contributed by atoms with E-state index in [0.29, 0.717) is 5.75 Å². The molecule has 2 rings (SSSR count). The van der Waals surface area contributed by atoms with Gasteiger partial charge in [0.05, 0.1) is 5.75 Å².